The number of amides is 1. The average molecular weight is 388 g/mol. The summed E-state index contributed by atoms with van der Waals surface area (Å²) in [7, 11) is 0. The Morgan fingerprint density at radius 1 is 1.07 bits per heavy atom. The van der Waals surface area contributed by atoms with Gasteiger partial charge in [0.15, 0.2) is 11.5 Å². The Balaban J connectivity index is 1.39. The highest BCUT2D eigenvalue weighted by Crippen LogP contribution is 2.37. The molecule has 0 saturated heterocycles. The van der Waals surface area contributed by atoms with Crippen LogP contribution in [0.15, 0.2) is 54.9 Å². The molecule has 0 radical (unpaired) electrons. The first-order valence-corrected chi connectivity index (χ1v) is 9.59. The van der Waals surface area contributed by atoms with Crippen LogP contribution in [0.2, 0.25) is 0 Å². The zero-order valence-electron chi connectivity index (χ0n) is 16.0. The van der Waals surface area contributed by atoms with Crippen LogP contribution >= 0.6 is 0 Å². The van der Waals surface area contributed by atoms with Gasteiger partial charge in [0, 0.05) is 29.5 Å². The number of hydrogen-bond acceptors (Lipinski definition) is 6. The van der Waals surface area contributed by atoms with Crippen LogP contribution in [0, 0.1) is 0 Å². The second-order valence-electron chi connectivity index (χ2n) is 7.13. The van der Waals surface area contributed by atoms with E-state index in [0.29, 0.717) is 41.9 Å². The number of para-hydroxylation sites is 1. The van der Waals surface area contributed by atoms with Crippen molar-refractivity contribution >= 4 is 23.1 Å². The molecule has 29 heavy (non-hydrogen) atoms. The summed E-state index contributed by atoms with van der Waals surface area (Å²) in [6, 6.07) is 15.6. The van der Waals surface area contributed by atoms with Crippen LogP contribution in [0.3, 0.4) is 0 Å². The van der Waals surface area contributed by atoms with Gasteiger partial charge in [-0.15, -0.1) is 0 Å². The van der Waals surface area contributed by atoms with E-state index >= 15 is 0 Å². The van der Waals surface area contributed by atoms with Crippen LogP contribution in [-0.4, -0.2) is 35.1 Å². The van der Waals surface area contributed by atoms with Crippen molar-refractivity contribution in [2.24, 2.45) is 0 Å². The van der Waals surface area contributed by atoms with Gasteiger partial charge in [0.2, 0.25) is 0 Å². The highest BCUT2D eigenvalue weighted by molar-refractivity contribution is 6.03. The fourth-order valence-electron chi connectivity index (χ4n) is 3.83. The van der Waals surface area contributed by atoms with Gasteiger partial charge in [0.1, 0.15) is 31.1 Å². The van der Waals surface area contributed by atoms with E-state index in [2.05, 4.69) is 39.2 Å². The molecule has 3 heterocycles. The SMILES string of the molecule is CC1Cc2ccccc2N1c1cc(C(=O)Nc2ccc3c(c2)OCCO3)ncn1. The Kier molecular flexibility index (Phi) is 4.27. The highest BCUT2D eigenvalue weighted by atomic mass is 16.6. The van der Waals surface area contributed by atoms with Gasteiger partial charge in [0.05, 0.1) is 0 Å². The maximum absolute atomic E-state index is 12.8. The fourth-order valence-corrected chi connectivity index (χ4v) is 3.83. The van der Waals surface area contributed by atoms with Crippen LogP contribution in [0.5, 0.6) is 11.5 Å². The smallest absolute Gasteiger partial charge is 0.274 e. The van der Waals surface area contributed by atoms with E-state index in [1.165, 1.54) is 11.9 Å². The number of aromatic nitrogens is 2. The number of carbonyl (C=O) groups is 1. The molecule has 5 rings (SSSR count). The first-order chi connectivity index (χ1) is 14.2. The molecular formula is C22H20N4O3. The predicted molar refractivity (Wildman–Crippen MR) is 109 cm³/mol. The van der Waals surface area contributed by atoms with E-state index in [4.69, 9.17) is 9.47 Å². The molecule has 7 heteroatoms. The number of rotatable bonds is 3. The van der Waals surface area contributed by atoms with Crippen molar-refractivity contribution in [2.45, 2.75) is 19.4 Å². The largest absolute Gasteiger partial charge is 0.486 e. The average Bonchev–Trinajstić information content (AvgIpc) is 3.09. The predicted octanol–water partition coefficient (Wildman–Crippen LogP) is 3.58. The molecule has 1 aromatic heterocycles. The molecule has 0 bridgehead atoms. The normalized spacial score (nSPS) is 17.0. The number of nitrogens with zero attached hydrogens (tertiary/aromatic N) is 3. The summed E-state index contributed by atoms with van der Waals surface area (Å²) in [6.07, 6.45) is 2.38. The van der Waals surface area contributed by atoms with Gasteiger partial charge < -0.3 is 19.7 Å². The van der Waals surface area contributed by atoms with Crippen molar-refractivity contribution in [3.63, 3.8) is 0 Å². The van der Waals surface area contributed by atoms with E-state index in [1.807, 2.05) is 12.1 Å². The van der Waals surface area contributed by atoms with Crippen LogP contribution < -0.4 is 19.7 Å². The Labute approximate surface area is 168 Å². The lowest BCUT2D eigenvalue weighted by Crippen LogP contribution is -2.25. The minimum Gasteiger partial charge on any atom is -0.486 e. The maximum atomic E-state index is 12.8. The number of benzene rings is 2. The molecular weight excluding hydrogens is 368 g/mol. The van der Waals surface area contributed by atoms with Crippen molar-refractivity contribution in [1.29, 1.82) is 0 Å². The quantitative estimate of drug-likeness (QED) is 0.739. The van der Waals surface area contributed by atoms with E-state index in [1.54, 1.807) is 24.3 Å². The van der Waals surface area contributed by atoms with Gasteiger partial charge >= 0.3 is 0 Å². The number of hydrogen-bond donors (Lipinski definition) is 1. The molecule has 2 aromatic carbocycles. The second-order valence-corrected chi connectivity index (χ2v) is 7.13. The standard InChI is InChI=1S/C22H20N4O3/c1-14-10-15-4-2-3-5-18(15)26(14)21-12-17(23-13-24-21)22(27)25-16-6-7-19-20(11-16)29-9-8-28-19/h2-7,11-14H,8-10H2,1H3,(H,25,27). The summed E-state index contributed by atoms with van der Waals surface area (Å²) in [5.74, 6) is 1.72. The summed E-state index contributed by atoms with van der Waals surface area (Å²) in [6.45, 7) is 3.17. The monoisotopic (exact) mass is 388 g/mol. The van der Waals surface area contributed by atoms with Crippen molar-refractivity contribution in [1.82, 2.24) is 9.97 Å². The van der Waals surface area contributed by atoms with Crippen molar-refractivity contribution in [3.05, 3.63) is 66.1 Å². The third-order valence-electron chi connectivity index (χ3n) is 5.14. The van der Waals surface area contributed by atoms with E-state index in [9.17, 15) is 4.79 Å². The number of ether oxygens (including phenoxy) is 2. The van der Waals surface area contributed by atoms with Gasteiger partial charge in [-0.2, -0.15) is 0 Å². The lowest BCUT2D eigenvalue weighted by molar-refractivity contribution is 0.102. The van der Waals surface area contributed by atoms with E-state index < -0.39 is 0 Å². The molecule has 1 atom stereocenters. The Bertz CT molecular complexity index is 1090. The van der Waals surface area contributed by atoms with Crippen molar-refractivity contribution in [3.8, 4) is 11.5 Å². The third-order valence-corrected chi connectivity index (χ3v) is 5.14. The van der Waals surface area contributed by atoms with Crippen LogP contribution in [0.1, 0.15) is 23.0 Å². The number of anilines is 3. The maximum Gasteiger partial charge on any atom is 0.274 e. The lowest BCUT2D eigenvalue weighted by atomic mass is 10.1. The highest BCUT2D eigenvalue weighted by Gasteiger charge is 2.28. The van der Waals surface area contributed by atoms with Crippen molar-refractivity contribution in [2.75, 3.05) is 23.4 Å². The topological polar surface area (TPSA) is 76.6 Å². The van der Waals surface area contributed by atoms with Gasteiger partial charge in [-0.25, -0.2) is 9.97 Å². The lowest BCUT2D eigenvalue weighted by Gasteiger charge is -2.24. The molecule has 1 N–H and O–H groups in total. The minimum absolute atomic E-state index is 0.260. The molecule has 2 aliphatic heterocycles. The Morgan fingerprint density at radius 2 is 1.90 bits per heavy atom. The zero-order valence-corrected chi connectivity index (χ0v) is 16.0. The summed E-state index contributed by atoms with van der Waals surface area (Å²) in [4.78, 5) is 23.5. The molecule has 1 amide bonds. The molecule has 0 saturated carbocycles. The molecule has 146 valence electrons. The molecule has 1 unspecified atom stereocenters. The Morgan fingerprint density at radius 3 is 2.79 bits per heavy atom. The summed E-state index contributed by atoms with van der Waals surface area (Å²) in [5, 5.41) is 2.87. The number of nitrogens with one attached hydrogen (secondary N) is 1. The molecule has 3 aromatic rings. The number of fused-ring (bicyclic) bond motifs is 2. The van der Waals surface area contributed by atoms with Gasteiger partial charge in [-0.3, -0.25) is 4.79 Å². The summed E-state index contributed by atoms with van der Waals surface area (Å²) >= 11 is 0. The zero-order chi connectivity index (χ0) is 19.8. The molecule has 0 aliphatic carbocycles. The van der Waals surface area contributed by atoms with Crippen LogP contribution in [0.25, 0.3) is 0 Å². The summed E-state index contributed by atoms with van der Waals surface area (Å²) < 4.78 is 11.1. The van der Waals surface area contributed by atoms with E-state index in [-0.39, 0.29) is 11.9 Å². The van der Waals surface area contributed by atoms with E-state index in [0.717, 1.165) is 12.1 Å². The minimum atomic E-state index is -0.300. The second kappa shape index (κ2) is 7.09. The Hall–Kier alpha value is -3.61. The molecule has 0 fully saturated rings. The molecule has 7 nitrogen and oxygen atoms in total. The molecule has 0 spiro atoms. The van der Waals surface area contributed by atoms with Crippen LogP contribution in [0.4, 0.5) is 17.2 Å². The number of carbonyl (C=O) groups excluding carboxylic acids is 1. The van der Waals surface area contributed by atoms with Gasteiger partial charge in [-0.05, 0) is 37.1 Å². The fraction of sp³-hybridized carbons (Fsp3) is 0.227. The van der Waals surface area contributed by atoms with Crippen LogP contribution in [-0.2, 0) is 6.42 Å². The first kappa shape index (κ1) is 17.5. The molecule has 2 aliphatic rings. The van der Waals surface area contributed by atoms with Crippen molar-refractivity contribution < 1.29 is 14.3 Å². The third kappa shape index (κ3) is 3.24. The van der Waals surface area contributed by atoms with Gasteiger partial charge in [0.25, 0.3) is 5.91 Å². The van der Waals surface area contributed by atoms with Gasteiger partial charge in [-0.1, -0.05) is 18.2 Å². The summed E-state index contributed by atoms with van der Waals surface area (Å²) in [5.41, 5.74) is 3.33. The first-order valence-electron chi connectivity index (χ1n) is 9.59.